The summed E-state index contributed by atoms with van der Waals surface area (Å²) in [5.74, 6) is 0.115. The van der Waals surface area contributed by atoms with Gasteiger partial charge in [0.25, 0.3) is 0 Å². The lowest BCUT2D eigenvalue weighted by molar-refractivity contribution is 1.18. The Bertz CT molecular complexity index is 795. The van der Waals surface area contributed by atoms with Crippen molar-refractivity contribution in [3.8, 4) is 0 Å². The maximum atomic E-state index is 7.63. The zero-order chi connectivity index (χ0) is 20.2. The van der Waals surface area contributed by atoms with Gasteiger partial charge >= 0.3 is 0 Å². The Morgan fingerprint density at radius 1 is 0.704 bits per heavy atom. The van der Waals surface area contributed by atoms with Gasteiger partial charge in [0.05, 0.1) is 11.7 Å². The highest BCUT2D eigenvalue weighted by atomic mass is 14.7. The molecule has 0 radical (unpaired) electrons. The fraction of sp³-hybridized carbons (Fsp3) is 0.238. The van der Waals surface area contributed by atoms with E-state index in [1.54, 1.807) is 0 Å². The third-order valence-corrected chi connectivity index (χ3v) is 3.73. The average molecular weight is 364 g/mol. The molecular formula is C21H28N6. The summed E-state index contributed by atoms with van der Waals surface area (Å²) < 4.78 is 0. The molecule has 6 heteroatoms. The summed E-state index contributed by atoms with van der Waals surface area (Å²) in [5.41, 5.74) is 14.8. The van der Waals surface area contributed by atoms with Crippen molar-refractivity contribution in [1.82, 2.24) is 0 Å². The summed E-state index contributed by atoms with van der Waals surface area (Å²) in [6.07, 6.45) is 1.72. The van der Waals surface area contributed by atoms with Crippen molar-refractivity contribution in [2.24, 2.45) is 11.5 Å². The van der Waals surface area contributed by atoms with Crippen LogP contribution < -0.4 is 11.5 Å². The molecule has 8 N–H and O–H groups in total. The predicted molar refractivity (Wildman–Crippen MR) is 114 cm³/mol. The Morgan fingerprint density at radius 2 is 1.19 bits per heavy atom. The summed E-state index contributed by atoms with van der Waals surface area (Å²) in [5, 5.41) is 29.3. The molecule has 0 fully saturated rings. The van der Waals surface area contributed by atoms with Crippen LogP contribution in [0.1, 0.15) is 29.5 Å². The SMILES string of the molecule is Cc1ccccc1CC(=N)CC(=N)N.N=C(N)CC(=N)Cc1ccccc1. The Morgan fingerprint density at radius 3 is 1.70 bits per heavy atom. The maximum Gasteiger partial charge on any atom is 0.0962 e. The smallest absolute Gasteiger partial charge is 0.0962 e. The lowest BCUT2D eigenvalue weighted by Crippen LogP contribution is -2.16. The minimum absolute atomic E-state index is 0.0564. The first-order valence-electron chi connectivity index (χ1n) is 8.64. The molecule has 0 bridgehead atoms. The van der Waals surface area contributed by atoms with Crippen LogP contribution in [-0.4, -0.2) is 23.1 Å². The molecule has 0 saturated carbocycles. The van der Waals surface area contributed by atoms with Crippen molar-refractivity contribution in [2.45, 2.75) is 32.6 Å². The molecule has 0 aliphatic heterocycles. The average Bonchev–Trinajstić information content (AvgIpc) is 2.57. The first kappa shape index (κ1) is 21.8. The van der Waals surface area contributed by atoms with Gasteiger partial charge in [-0.3, -0.25) is 10.8 Å². The van der Waals surface area contributed by atoms with E-state index in [9.17, 15) is 0 Å². The van der Waals surface area contributed by atoms with E-state index in [2.05, 4.69) is 0 Å². The number of benzene rings is 2. The molecule has 0 aliphatic carbocycles. The van der Waals surface area contributed by atoms with Crippen LogP contribution in [0.3, 0.4) is 0 Å². The van der Waals surface area contributed by atoms with Gasteiger partial charge in [0, 0.05) is 37.1 Å². The molecule has 2 aromatic carbocycles. The summed E-state index contributed by atoms with van der Waals surface area (Å²) in [6.45, 7) is 2.02. The van der Waals surface area contributed by atoms with Gasteiger partial charge in [-0.2, -0.15) is 0 Å². The van der Waals surface area contributed by atoms with Gasteiger partial charge in [-0.1, -0.05) is 54.6 Å². The van der Waals surface area contributed by atoms with E-state index >= 15 is 0 Å². The second-order valence-corrected chi connectivity index (χ2v) is 6.38. The number of rotatable bonds is 8. The van der Waals surface area contributed by atoms with Crippen LogP contribution in [0, 0.1) is 28.6 Å². The zero-order valence-electron chi connectivity index (χ0n) is 15.7. The molecule has 0 aromatic heterocycles. The Hall–Kier alpha value is -3.28. The van der Waals surface area contributed by atoms with Crippen LogP contribution in [0.2, 0.25) is 0 Å². The van der Waals surface area contributed by atoms with Crippen LogP contribution in [0.4, 0.5) is 0 Å². The molecule has 0 saturated heterocycles. The van der Waals surface area contributed by atoms with E-state index in [0.717, 1.165) is 11.1 Å². The third kappa shape index (κ3) is 9.69. The van der Waals surface area contributed by atoms with Crippen LogP contribution >= 0.6 is 0 Å². The fourth-order valence-corrected chi connectivity index (χ4v) is 2.47. The first-order chi connectivity index (χ1) is 12.8. The van der Waals surface area contributed by atoms with Crippen LogP contribution in [0.25, 0.3) is 0 Å². The lowest BCUT2D eigenvalue weighted by Gasteiger charge is -2.05. The van der Waals surface area contributed by atoms with Crippen molar-refractivity contribution >= 4 is 23.1 Å². The molecule has 0 aliphatic rings. The highest BCUT2D eigenvalue weighted by Gasteiger charge is 2.03. The molecule has 6 nitrogen and oxygen atoms in total. The standard InChI is InChI=1S/C11H15N3.C10H13N3/c1-8-4-2-3-5-9(8)6-10(12)7-11(13)14;11-9(7-10(12)13)6-8-4-2-1-3-5-8/h2-5,12H,6-7H2,1H3,(H3,13,14);1-5,11H,6-7H2,(H3,12,13). The lowest BCUT2D eigenvalue weighted by atomic mass is 10.0. The minimum atomic E-state index is 0.0564. The maximum absolute atomic E-state index is 7.63. The summed E-state index contributed by atoms with van der Waals surface area (Å²) in [6, 6.07) is 17.7. The molecule has 0 heterocycles. The minimum Gasteiger partial charge on any atom is -0.387 e. The summed E-state index contributed by atoms with van der Waals surface area (Å²) >= 11 is 0. The quantitative estimate of drug-likeness (QED) is 0.314. The molecule has 27 heavy (non-hydrogen) atoms. The number of nitrogens with one attached hydrogen (secondary N) is 4. The molecule has 2 aromatic rings. The van der Waals surface area contributed by atoms with E-state index < -0.39 is 0 Å². The number of hydrogen-bond acceptors (Lipinski definition) is 4. The Labute approximate surface area is 160 Å². The van der Waals surface area contributed by atoms with Crippen molar-refractivity contribution in [3.05, 3.63) is 71.3 Å². The van der Waals surface area contributed by atoms with Crippen molar-refractivity contribution in [2.75, 3.05) is 0 Å². The largest absolute Gasteiger partial charge is 0.387 e. The molecular weight excluding hydrogens is 336 g/mol. The Kier molecular flexibility index (Phi) is 9.15. The second-order valence-electron chi connectivity index (χ2n) is 6.38. The molecule has 0 spiro atoms. The summed E-state index contributed by atoms with van der Waals surface area (Å²) in [4.78, 5) is 0. The molecule has 0 atom stereocenters. The highest BCUT2D eigenvalue weighted by Crippen LogP contribution is 2.08. The van der Waals surface area contributed by atoms with Gasteiger partial charge in [0.15, 0.2) is 0 Å². The van der Waals surface area contributed by atoms with Gasteiger partial charge in [-0.15, -0.1) is 0 Å². The predicted octanol–water partition coefficient (Wildman–Crippen LogP) is 3.46. The topological polar surface area (TPSA) is 147 Å². The zero-order valence-corrected chi connectivity index (χ0v) is 15.7. The molecule has 142 valence electrons. The van der Waals surface area contributed by atoms with Crippen molar-refractivity contribution in [1.29, 1.82) is 21.6 Å². The third-order valence-electron chi connectivity index (χ3n) is 3.73. The Balaban J connectivity index is 0.000000271. The van der Waals surface area contributed by atoms with Crippen molar-refractivity contribution < 1.29 is 0 Å². The van der Waals surface area contributed by atoms with E-state index in [-0.39, 0.29) is 24.5 Å². The van der Waals surface area contributed by atoms with E-state index in [4.69, 9.17) is 33.1 Å². The van der Waals surface area contributed by atoms with Crippen molar-refractivity contribution in [3.63, 3.8) is 0 Å². The van der Waals surface area contributed by atoms with Gasteiger partial charge in [-0.05, 0) is 23.6 Å². The van der Waals surface area contributed by atoms with E-state index in [1.165, 1.54) is 5.56 Å². The molecule has 2 rings (SSSR count). The van der Waals surface area contributed by atoms with Gasteiger partial charge in [0.2, 0.25) is 0 Å². The number of hydrogen-bond donors (Lipinski definition) is 6. The van der Waals surface area contributed by atoms with Gasteiger partial charge in [0.1, 0.15) is 0 Å². The molecule has 0 amide bonds. The summed E-state index contributed by atoms with van der Waals surface area (Å²) in [7, 11) is 0. The number of aryl methyl sites for hydroxylation is 1. The second kappa shape index (κ2) is 11.4. The van der Waals surface area contributed by atoms with Gasteiger partial charge < -0.3 is 22.3 Å². The van der Waals surface area contributed by atoms with E-state index in [1.807, 2.05) is 61.5 Å². The van der Waals surface area contributed by atoms with Gasteiger partial charge in [-0.25, -0.2) is 0 Å². The van der Waals surface area contributed by atoms with Crippen LogP contribution in [0.15, 0.2) is 54.6 Å². The first-order valence-corrected chi connectivity index (χ1v) is 8.64. The highest BCUT2D eigenvalue weighted by molar-refractivity contribution is 6.01. The molecule has 0 unspecified atom stereocenters. The van der Waals surface area contributed by atoms with Crippen LogP contribution in [-0.2, 0) is 12.8 Å². The normalized spacial score (nSPS) is 9.67. The monoisotopic (exact) mass is 364 g/mol. The number of nitrogens with two attached hydrogens (primary N) is 2. The van der Waals surface area contributed by atoms with Crippen LogP contribution in [0.5, 0.6) is 0 Å². The van der Waals surface area contributed by atoms with E-state index in [0.29, 0.717) is 24.3 Å². The fourth-order valence-electron chi connectivity index (χ4n) is 2.47. The number of amidine groups is 2.